The van der Waals surface area contributed by atoms with Gasteiger partial charge in [-0.25, -0.2) is 9.37 Å². The van der Waals surface area contributed by atoms with Crippen LogP contribution in [0, 0.1) is 5.82 Å². The molecule has 0 fully saturated rings. The van der Waals surface area contributed by atoms with Gasteiger partial charge in [0.15, 0.2) is 0 Å². The Morgan fingerprint density at radius 3 is 2.48 bits per heavy atom. The highest BCUT2D eigenvalue weighted by atomic mass is 19.1. The van der Waals surface area contributed by atoms with Crippen LogP contribution in [0.15, 0.2) is 66.9 Å². The molecule has 0 bridgehead atoms. The summed E-state index contributed by atoms with van der Waals surface area (Å²) in [6.07, 6.45) is 1.62. The van der Waals surface area contributed by atoms with E-state index in [-0.39, 0.29) is 24.0 Å². The number of para-hydroxylation sites is 1. The first-order chi connectivity index (χ1) is 13.0. The van der Waals surface area contributed by atoms with E-state index in [9.17, 15) is 9.18 Å². The summed E-state index contributed by atoms with van der Waals surface area (Å²) in [5.74, 6) is -0.286. The quantitative estimate of drug-likeness (QED) is 0.647. The molecule has 0 aliphatic rings. The van der Waals surface area contributed by atoms with Crippen molar-refractivity contribution < 1.29 is 9.18 Å². The average Bonchev–Trinajstić information content (AvgIpc) is 2.68. The van der Waals surface area contributed by atoms with Crippen LogP contribution in [0.3, 0.4) is 0 Å². The van der Waals surface area contributed by atoms with Gasteiger partial charge in [-0.05, 0) is 35.7 Å². The van der Waals surface area contributed by atoms with Gasteiger partial charge in [-0.15, -0.1) is 0 Å². The molecule has 0 saturated carbocycles. The number of carbonyl (C=O) groups excluding carboxylic acids is 1. The summed E-state index contributed by atoms with van der Waals surface area (Å²) in [6, 6.07) is 17.9. The summed E-state index contributed by atoms with van der Waals surface area (Å²) < 4.78 is 13.6. The second kappa shape index (κ2) is 8.45. The lowest BCUT2D eigenvalue weighted by Crippen LogP contribution is -2.24. The molecule has 27 heavy (non-hydrogen) atoms. The number of rotatable bonds is 6. The molecule has 0 aliphatic heterocycles. The number of nitrogens with one attached hydrogen (secondary N) is 2. The number of halogens is 1. The Kier molecular flexibility index (Phi) is 5.81. The van der Waals surface area contributed by atoms with E-state index in [1.54, 1.807) is 30.5 Å². The highest BCUT2D eigenvalue weighted by Gasteiger charge is 2.10. The monoisotopic (exact) mass is 363 g/mol. The van der Waals surface area contributed by atoms with Crippen LogP contribution >= 0.6 is 0 Å². The zero-order valence-corrected chi connectivity index (χ0v) is 15.4. The van der Waals surface area contributed by atoms with Crippen molar-refractivity contribution in [3.8, 4) is 0 Å². The molecule has 2 N–H and O–H groups in total. The van der Waals surface area contributed by atoms with Crippen molar-refractivity contribution in [1.82, 2.24) is 10.3 Å². The van der Waals surface area contributed by atoms with Crippen LogP contribution < -0.4 is 10.6 Å². The molecule has 0 radical (unpaired) electrons. The second-order valence-corrected chi connectivity index (χ2v) is 6.57. The molecule has 0 unspecified atom stereocenters. The van der Waals surface area contributed by atoms with E-state index in [0.717, 1.165) is 11.4 Å². The third kappa shape index (κ3) is 4.70. The number of hydrogen-bond donors (Lipinski definition) is 2. The first-order valence-electron chi connectivity index (χ1n) is 8.88. The SMILES string of the molecule is CC(C)c1ccccc1Nc1ccc(C(=O)NCc2ccccc2F)nc1. The summed E-state index contributed by atoms with van der Waals surface area (Å²) in [6.45, 7) is 4.40. The standard InChI is InChI=1S/C22H22FN3O/c1-15(2)18-8-4-6-10-20(18)26-17-11-12-21(24-14-17)22(27)25-13-16-7-3-5-9-19(16)23/h3-12,14-15,26H,13H2,1-2H3,(H,25,27). The van der Waals surface area contributed by atoms with E-state index in [4.69, 9.17) is 0 Å². The smallest absolute Gasteiger partial charge is 0.270 e. The molecule has 4 nitrogen and oxygen atoms in total. The number of amides is 1. The van der Waals surface area contributed by atoms with Gasteiger partial charge < -0.3 is 10.6 Å². The molecule has 5 heteroatoms. The lowest BCUT2D eigenvalue weighted by molar-refractivity contribution is 0.0945. The molecule has 1 heterocycles. The maximum Gasteiger partial charge on any atom is 0.270 e. The summed E-state index contributed by atoms with van der Waals surface area (Å²) in [5.41, 5.74) is 3.76. The predicted molar refractivity (Wildman–Crippen MR) is 106 cm³/mol. The molecule has 138 valence electrons. The normalized spacial score (nSPS) is 10.7. The fraction of sp³-hybridized carbons (Fsp3) is 0.182. The fourth-order valence-electron chi connectivity index (χ4n) is 2.78. The zero-order chi connectivity index (χ0) is 19.2. The van der Waals surface area contributed by atoms with Gasteiger partial charge in [-0.1, -0.05) is 50.2 Å². The van der Waals surface area contributed by atoms with Crippen molar-refractivity contribution in [2.24, 2.45) is 0 Å². The van der Waals surface area contributed by atoms with E-state index in [1.807, 2.05) is 24.3 Å². The van der Waals surface area contributed by atoms with Crippen LogP contribution in [0.5, 0.6) is 0 Å². The molecule has 0 saturated heterocycles. The fourth-order valence-corrected chi connectivity index (χ4v) is 2.78. The van der Waals surface area contributed by atoms with E-state index >= 15 is 0 Å². The van der Waals surface area contributed by atoms with Crippen LogP contribution in [0.25, 0.3) is 0 Å². The summed E-state index contributed by atoms with van der Waals surface area (Å²) >= 11 is 0. The van der Waals surface area contributed by atoms with Crippen LogP contribution in [0.1, 0.15) is 41.4 Å². The van der Waals surface area contributed by atoms with Gasteiger partial charge >= 0.3 is 0 Å². The predicted octanol–water partition coefficient (Wildman–Crippen LogP) is 5.02. The number of pyridine rings is 1. The molecule has 3 aromatic rings. The van der Waals surface area contributed by atoms with Crippen molar-refractivity contribution >= 4 is 17.3 Å². The van der Waals surface area contributed by atoms with Gasteiger partial charge in [0.05, 0.1) is 11.9 Å². The molecule has 1 amide bonds. The van der Waals surface area contributed by atoms with Gasteiger partial charge in [0.25, 0.3) is 5.91 Å². The minimum atomic E-state index is -0.340. The molecular weight excluding hydrogens is 341 g/mol. The Labute approximate surface area is 158 Å². The maximum atomic E-state index is 13.6. The lowest BCUT2D eigenvalue weighted by atomic mass is 10.0. The van der Waals surface area contributed by atoms with Crippen molar-refractivity contribution in [3.05, 3.63) is 89.5 Å². The summed E-state index contributed by atoms with van der Waals surface area (Å²) in [4.78, 5) is 16.4. The van der Waals surface area contributed by atoms with Gasteiger partial charge in [0.2, 0.25) is 0 Å². The van der Waals surface area contributed by atoms with Crippen molar-refractivity contribution in [2.75, 3.05) is 5.32 Å². The van der Waals surface area contributed by atoms with Gasteiger partial charge in [0.1, 0.15) is 11.5 Å². The molecule has 1 aromatic heterocycles. The Morgan fingerprint density at radius 1 is 1.04 bits per heavy atom. The van der Waals surface area contributed by atoms with Gasteiger partial charge in [0, 0.05) is 17.8 Å². The maximum absolute atomic E-state index is 13.6. The molecule has 0 spiro atoms. The minimum absolute atomic E-state index is 0.120. The Hall–Kier alpha value is -3.21. The first-order valence-corrected chi connectivity index (χ1v) is 8.88. The van der Waals surface area contributed by atoms with Crippen molar-refractivity contribution in [1.29, 1.82) is 0 Å². The van der Waals surface area contributed by atoms with Crippen LogP contribution in [-0.2, 0) is 6.54 Å². The van der Waals surface area contributed by atoms with E-state index < -0.39 is 0 Å². The number of anilines is 2. The van der Waals surface area contributed by atoms with Crippen molar-refractivity contribution in [2.45, 2.75) is 26.3 Å². The van der Waals surface area contributed by atoms with Gasteiger partial charge in [-0.3, -0.25) is 4.79 Å². The third-order valence-corrected chi connectivity index (χ3v) is 4.26. The molecule has 2 aromatic carbocycles. The Bertz CT molecular complexity index is 923. The summed E-state index contributed by atoms with van der Waals surface area (Å²) in [5, 5.41) is 6.03. The summed E-state index contributed by atoms with van der Waals surface area (Å²) in [7, 11) is 0. The average molecular weight is 363 g/mol. The number of nitrogens with zero attached hydrogens (tertiary/aromatic N) is 1. The van der Waals surface area contributed by atoms with Crippen LogP contribution in [0.4, 0.5) is 15.8 Å². The van der Waals surface area contributed by atoms with Crippen LogP contribution in [-0.4, -0.2) is 10.9 Å². The highest BCUT2D eigenvalue weighted by molar-refractivity contribution is 5.92. The molecule has 3 rings (SSSR count). The Morgan fingerprint density at radius 2 is 1.78 bits per heavy atom. The lowest BCUT2D eigenvalue weighted by Gasteiger charge is -2.14. The minimum Gasteiger partial charge on any atom is -0.354 e. The number of aromatic nitrogens is 1. The molecular formula is C22H22FN3O. The highest BCUT2D eigenvalue weighted by Crippen LogP contribution is 2.26. The van der Waals surface area contributed by atoms with E-state index in [0.29, 0.717) is 11.5 Å². The number of carbonyl (C=O) groups is 1. The number of hydrogen-bond acceptors (Lipinski definition) is 3. The first kappa shape index (κ1) is 18.6. The third-order valence-electron chi connectivity index (χ3n) is 4.26. The zero-order valence-electron chi connectivity index (χ0n) is 15.4. The van der Waals surface area contributed by atoms with Crippen LogP contribution in [0.2, 0.25) is 0 Å². The number of benzene rings is 2. The topological polar surface area (TPSA) is 54.0 Å². The van der Waals surface area contributed by atoms with Gasteiger partial charge in [-0.2, -0.15) is 0 Å². The largest absolute Gasteiger partial charge is 0.354 e. The molecule has 0 atom stereocenters. The van der Waals surface area contributed by atoms with E-state index in [1.165, 1.54) is 11.6 Å². The van der Waals surface area contributed by atoms with E-state index in [2.05, 4.69) is 35.5 Å². The Balaban J connectivity index is 1.65. The second-order valence-electron chi connectivity index (χ2n) is 6.57. The van der Waals surface area contributed by atoms with Crippen molar-refractivity contribution in [3.63, 3.8) is 0 Å². The molecule has 0 aliphatic carbocycles.